The van der Waals surface area contributed by atoms with Gasteiger partial charge in [-0.3, -0.25) is 9.69 Å². The Balaban J connectivity index is 1.49. The van der Waals surface area contributed by atoms with Gasteiger partial charge in [0.1, 0.15) is 11.3 Å². The van der Waals surface area contributed by atoms with Crippen molar-refractivity contribution < 1.29 is 17.9 Å². The Morgan fingerprint density at radius 3 is 2.59 bits per heavy atom. The van der Waals surface area contributed by atoms with Crippen molar-refractivity contribution in [3.8, 4) is 16.9 Å². The summed E-state index contributed by atoms with van der Waals surface area (Å²) in [5.41, 5.74) is 3.55. The average Bonchev–Trinajstić information content (AvgIpc) is 3.22. The molecule has 3 heterocycles. The highest BCUT2D eigenvalue weighted by Crippen LogP contribution is 2.41. The molecule has 3 aromatic carbocycles. The molecule has 0 radical (unpaired) electrons. The Bertz CT molecular complexity index is 1900. The highest BCUT2D eigenvalue weighted by atomic mass is 32.2. The van der Waals surface area contributed by atoms with Crippen molar-refractivity contribution in [3.63, 3.8) is 0 Å². The molecule has 0 saturated heterocycles. The first-order chi connectivity index (χ1) is 17.7. The number of amides is 1. The average molecular weight is 514 g/mol. The monoisotopic (exact) mass is 513 g/mol. The molecule has 0 spiro atoms. The molecule has 1 aliphatic rings. The lowest BCUT2D eigenvalue weighted by Crippen LogP contribution is -2.33. The summed E-state index contributed by atoms with van der Waals surface area (Å²) in [5, 5.41) is 2.69. The minimum Gasteiger partial charge on any atom is -0.410 e. The molecule has 1 aliphatic heterocycles. The predicted octanol–water partition coefficient (Wildman–Crippen LogP) is 4.75. The van der Waals surface area contributed by atoms with Crippen molar-refractivity contribution in [2.75, 3.05) is 11.2 Å². The number of H-pyrrole nitrogens is 1. The second-order valence-electron chi connectivity index (χ2n) is 9.41. The predicted molar refractivity (Wildman–Crippen MR) is 144 cm³/mol. The zero-order valence-corrected chi connectivity index (χ0v) is 21.0. The van der Waals surface area contributed by atoms with Gasteiger partial charge in [-0.2, -0.15) is 0 Å². The molecule has 0 bridgehead atoms. The smallest absolute Gasteiger partial charge is 0.410 e. The maximum Gasteiger partial charge on any atom is 0.420 e. The summed E-state index contributed by atoms with van der Waals surface area (Å²) >= 11 is 0. The Kier molecular flexibility index (Phi) is 5.20. The lowest BCUT2D eigenvalue weighted by molar-refractivity contribution is 0.207. The van der Waals surface area contributed by atoms with Gasteiger partial charge in [-0.25, -0.2) is 13.2 Å². The number of aryl methyl sites for hydroxylation is 1. The van der Waals surface area contributed by atoms with Crippen molar-refractivity contribution in [1.29, 1.82) is 0 Å². The van der Waals surface area contributed by atoms with Crippen molar-refractivity contribution in [3.05, 3.63) is 94.5 Å². The number of carbonyl (C=O) groups is 1. The van der Waals surface area contributed by atoms with E-state index in [2.05, 4.69) is 4.98 Å². The first kappa shape index (κ1) is 23.1. The van der Waals surface area contributed by atoms with E-state index in [1.165, 1.54) is 15.7 Å². The number of aromatic nitrogens is 2. The number of ether oxygens (including phenoxy) is 1. The van der Waals surface area contributed by atoms with E-state index in [0.717, 1.165) is 21.9 Å². The summed E-state index contributed by atoms with van der Waals surface area (Å²) in [6, 6.07) is 18.5. The third-order valence-corrected chi connectivity index (χ3v) is 7.49. The maximum atomic E-state index is 13.6. The van der Waals surface area contributed by atoms with Crippen LogP contribution >= 0.6 is 0 Å². The molecule has 6 rings (SSSR count). The second kappa shape index (κ2) is 8.35. The van der Waals surface area contributed by atoms with Crippen LogP contribution in [0.2, 0.25) is 0 Å². The number of rotatable bonds is 3. The van der Waals surface area contributed by atoms with Crippen molar-refractivity contribution in [1.82, 2.24) is 9.55 Å². The van der Waals surface area contributed by atoms with E-state index in [0.29, 0.717) is 33.5 Å². The largest absolute Gasteiger partial charge is 0.420 e. The van der Waals surface area contributed by atoms with Crippen LogP contribution in [0.25, 0.3) is 32.8 Å². The number of nitrogens with one attached hydrogen (secondary N) is 1. The van der Waals surface area contributed by atoms with Gasteiger partial charge in [-0.1, -0.05) is 36.4 Å². The summed E-state index contributed by atoms with van der Waals surface area (Å²) in [7, 11) is -1.62. The van der Waals surface area contributed by atoms with Crippen LogP contribution in [-0.4, -0.2) is 30.3 Å². The van der Waals surface area contributed by atoms with Crippen LogP contribution in [0.5, 0.6) is 5.75 Å². The Morgan fingerprint density at radius 1 is 1.03 bits per heavy atom. The minimum atomic E-state index is -3.28. The van der Waals surface area contributed by atoms with E-state index in [1.807, 2.05) is 36.4 Å². The summed E-state index contributed by atoms with van der Waals surface area (Å²) in [4.78, 5) is 31.0. The zero-order chi connectivity index (χ0) is 25.9. The van der Waals surface area contributed by atoms with Crippen molar-refractivity contribution in [2.45, 2.75) is 12.3 Å². The lowest BCUT2D eigenvalue weighted by atomic mass is 9.99. The van der Waals surface area contributed by atoms with Crippen LogP contribution in [-0.2, 0) is 29.2 Å². The van der Waals surface area contributed by atoms with Crippen LogP contribution < -0.4 is 15.2 Å². The van der Waals surface area contributed by atoms with Gasteiger partial charge < -0.3 is 14.3 Å². The Labute approximate surface area is 212 Å². The third kappa shape index (κ3) is 4.07. The molecule has 0 fully saturated rings. The van der Waals surface area contributed by atoms with Crippen molar-refractivity contribution >= 4 is 43.3 Å². The number of carbonyl (C=O) groups excluding carboxylic acids is 1. The standard InChI is InChI=1S/C28H23N3O5S/c1-30-15-23-22-11-17(16-37(2,34)35)7-10-24(22)31(14-20-13-29-26(25(20)23)27(30)32)28(33)36-21-9-8-18-5-3-4-6-19(18)12-21/h3-13,15,29H,14,16H2,1-2H3. The van der Waals surface area contributed by atoms with Gasteiger partial charge in [0.2, 0.25) is 0 Å². The number of anilines is 1. The van der Waals surface area contributed by atoms with E-state index in [9.17, 15) is 18.0 Å². The molecule has 1 amide bonds. The van der Waals surface area contributed by atoms with E-state index >= 15 is 0 Å². The number of hydrogen-bond acceptors (Lipinski definition) is 5. The van der Waals surface area contributed by atoms with Crippen LogP contribution in [0.1, 0.15) is 11.1 Å². The van der Waals surface area contributed by atoms with Crippen LogP contribution in [0.15, 0.2) is 77.9 Å². The number of hydrogen-bond donors (Lipinski definition) is 1. The van der Waals surface area contributed by atoms with E-state index in [4.69, 9.17) is 4.74 Å². The summed E-state index contributed by atoms with van der Waals surface area (Å²) in [6.07, 6.45) is 4.06. The SMILES string of the molecule is Cn1cc2c3c(c[nH]c3c1=O)CN(C(=O)Oc1ccc3ccccc3c1)c1ccc(CS(C)(=O)=O)cc1-2. The molecule has 0 saturated carbocycles. The van der Waals surface area contributed by atoms with Crippen LogP contribution in [0, 0.1) is 0 Å². The molecular formula is C28H23N3O5S. The fraction of sp³-hybridized carbons (Fsp3) is 0.143. The molecule has 0 unspecified atom stereocenters. The molecule has 0 aliphatic carbocycles. The first-order valence-electron chi connectivity index (χ1n) is 11.7. The molecule has 9 heteroatoms. The zero-order valence-electron chi connectivity index (χ0n) is 20.2. The van der Waals surface area contributed by atoms with E-state index in [1.54, 1.807) is 43.7 Å². The number of fused-ring (bicyclic) bond motifs is 3. The van der Waals surface area contributed by atoms with Crippen LogP contribution in [0.3, 0.4) is 0 Å². The fourth-order valence-corrected chi connectivity index (χ4v) is 5.78. The number of pyridine rings is 1. The van der Waals surface area contributed by atoms with Gasteiger partial charge in [0.05, 0.1) is 18.0 Å². The van der Waals surface area contributed by atoms with Gasteiger partial charge in [-0.05, 0) is 46.2 Å². The molecular weight excluding hydrogens is 490 g/mol. The van der Waals surface area contributed by atoms with Gasteiger partial charge in [0, 0.05) is 42.2 Å². The Hall–Kier alpha value is -4.37. The number of nitrogens with zero attached hydrogens (tertiary/aromatic N) is 2. The molecule has 8 nitrogen and oxygen atoms in total. The highest BCUT2D eigenvalue weighted by Gasteiger charge is 2.29. The topological polar surface area (TPSA) is 101 Å². The molecule has 1 N–H and O–H groups in total. The molecule has 2 aromatic heterocycles. The van der Waals surface area contributed by atoms with Crippen molar-refractivity contribution in [2.24, 2.45) is 7.05 Å². The lowest BCUT2D eigenvalue weighted by Gasteiger charge is -2.23. The maximum absolute atomic E-state index is 13.6. The van der Waals surface area contributed by atoms with Gasteiger partial charge in [0.15, 0.2) is 9.84 Å². The summed E-state index contributed by atoms with van der Waals surface area (Å²) in [6.45, 7) is 0.172. The fourth-order valence-electron chi connectivity index (χ4n) is 4.99. The van der Waals surface area contributed by atoms with Gasteiger partial charge >= 0.3 is 6.09 Å². The normalized spacial score (nSPS) is 13.0. The quantitative estimate of drug-likeness (QED) is 0.375. The molecule has 37 heavy (non-hydrogen) atoms. The number of benzene rings is 3. The van der Waals surface area contributed by atoms with E-state index < -0.39 is 15.9 Å². The van der Waals surface area contributed by atoms with Crippen LogP contribution in [0.4, 0.5) is 10.5 Å². The summed E-state index contributed by atoms with van der Waals surface area (Å²) in [5.74, 6) is 0.268. The number of sulfone groups is 1. The third-order valence-electron chi connectivity index (χ3n) is 6.63. The molecule has 186 valence electrons. The van der Waals surface area contributed by atoms with Gasteiger partial charge in [0.25, 0.3) is 5.56 Å². The molecule has 0 atom stereocenters. The number of aromatic amines is 1. The minimum absolute atomic E-state index is 0.142. The summed E-state index contributed by atoms with van der Waals surface area (Å²) < 4.78 is 31.3. The van der Waals surface area contributed by atoms with Gasteiger partial charge in [-0.15, -0.1) is 0 Å². The Morgan fingerprint density at radius 2 is 1.81 bits per heavy atom. The highest BCUT2D eigenvalue weighted by molar-refractivity contribution is 7.89. The molecule has 5 aromatic rings. The first-order valence-corrected chi connectivity index (χ1v) is 13.7. The second-order valence-corrected chi connectivity index (χ2v) is 11.5. The van der Waals surface area contributed by atoms with E-state index in [-0.39, 0.29) is 17.9 Å².